The molecule has 3 rings (SSSR count). The van der Waals surface area contributed by atoms with E-state index >= 15 is 0 Å². The number of fused-ring (bicyclic) bond motifs is 1. The molecule has 18 heavy (non-hydrogen) atoms. The summed E-state index contributed by atoms with van der Waals surface area (Å²) in [6.45, 7) is 0.834. The number of carbonyl (C=O) groups is 1. The van der Waals surface area contributed by atoms with Crippen LogP contribution in [0.3, 0.4) is 0 Å². The van der Waals surface area contributed by atoms with Gasteiger partial charge in [0.2, 0.25) is 0 Å². The molecule has 0 saturated heterocycles. The molecule has 0 saturated carbocycles. The van der Waals surface area contributed by atoms with E-state index in [1.165, 1.54) is 5.56 Å². The molecule has 1 aromatic carbocycles. The van der Waals surface area contributed by atoms with Crippen molar-refractivity contribution in [1.29, 1.82) is 0 Å². The van der Waals surface area contributed by atoms with Crippen LogP contribution in [0, 0.1) is 0 Å². The van der Waals surface area contributed by atoms with Gasteiger partial charge in [-0.3, -0.25) is 14.9 Å². The molecule has 2 N–H and O–H groups in total. The number of rotatable bonds is 2. The van der Waals surface area contributed by atoms with Crippen molar-refractivity contribution < 1.29 is 4.79 Å². The van der Waals surface area contributed by atoms with Crippen LogP contribution in [0.4, 0.5) is 0 Å². The van der Waals surface area contributed by atoms with Gasteiger partial charge in [-0.15, -0.1) is 0 Å². The second-order valence-corrected chi connectivity index (χ2v) is 4.40. The van der Waals surface area contributed by atoms with E-state index < -0.39 is 0 Å². The summed E-state index contributed by atoms with van der Waals surface area (Å²) in [5.41, 5.74) is 5.18. The summed E-state index contributed by atoms with van der Waals surface area (Å²) in [6.07, 6.45) is 4.60. The van der Waals surface area contributed by atoms with Crippen molar-refractivity contribution >= 4 is 5.91 Å². The topological polar surface area (TPSA) is 46.1 Å². The van der Waals surface area contributed by atoms with Crippen molar-refractivity contribution in [2.75, 3.05) is 12.0 Å². The average Bonchev–Trinajstić information content (AvgIpc) is 2.91. The van der Waals surface area contributed by atoms with Gasteiger partial charge in [0.1, 0.15) is 6.04 Å². The fourth-order valence-electron chi connectivity index (χ4n) is 2.34. The molecule has 0 aliphatic carbocycles. The summed E-state index contributed by atoms with van der Waals surface area (Å²) < 4.78 is 1.67. The zero-order valence-corrected chi connectivity index (χ0v) is 9.97. The Morgan fingerprint density at radius 2 is 2.00 bits per heavy atom. The lowest BCUT2D eigenvalue weighted by Crippen LogP contribution is -2.40. The molecule has 0 radical (unpaired) electrons. The lowest BCUT2D eigenvalue weighted by molar-refractivity contribution is -0.119. The lowest BCUT2D eigenvalue weighted by Gasteiger charge is -2.26. The summed E-state index contributed by atoms with van der Waals surface area (Å²) in [7, 11) is 0. The minimum absolute atomic E-state index is 0.0293. The molecule has 1 atom stereocenters. The second kappa shape index (κ2) is 4.66. The summed E-state index contributed by atoms with van der Waals surface area (Å²) in [4.78, 5) is 12.2. The van der Waals surface area contributed by atoms with Crippen LogP contribution >= 0.6 is 0 Å². The fourth-order valence-corrected chi connectivity index (χ4v) is 2.34. The monoisotopic (exact) mass is 241 g/mol. The number of hydrogen-bond acceptors (Lipinski definition) is 2. The van der Waals surface area contributed by atoms with Crippen LogP contribution in [0.5, 0.6) is 0 Å². The Kier molecular flexibility index (Phi) is 2.86. The quantitative estimate of drug-likeness (QED) is 0.836. The van der Waals surface area contributed by atoms with Crippen molar-refractivity contribution in [3.8, 4) is 0 Å². The van der Waals surface area contributed by atoms with Gasteiger partial charge in [-0.25, -0.2) is 0 Å². The molecule has 1 aromatic heterocycles. The first kappa shape index (κ1) is 11.0. The van der Waals surface area contributed by atoms with Crippen molar-refractivity contribution in [3.05, 3.63) is 59.9 Å². The van der Waals surface area contributed by atoms with Gasteiger partial charge in [0, 0.05) is 18.9 Å². The van der Waals surface area contributed by atoms with E-state index in [9.17, 15) is 4.79 Å². The summed E-state index contributed by atoms with van der Waals surface area (Å²) in [5.74, 6) is -0.0293. The van der Waals surface area contributed by atoms with E-state index in [0.717, 1.165) is 18.5 Å². The molecule has 1 aliphatic rings. The zero-order chi connectivity index (χ0) is 12.4. The number of amides is 1. The minimum Gasteiger partial charge on any atom is -0.302 e. The highest BCUT2D eigenvalue weighted by Gasteiger charge is 2.25. The molecule has 92 valence electrons. The minimum atomic E-state index is -0.266. The number of benzene rings is 1. The molecule has 1 unspecified atom stereocenters. The van der Waals surface area contributed by atoms with Gasteiger partial charge in [0.15, 0.2) is 0 Å². The molecule has 4 nitrogen and oxygen atoms in total. The van der Waals surface area contributed by atoms with Crippen LogP contribution in [-0.4, -0.2) is 17.1 Å². The van der Waals surface area contributed by atoms with E-state index in [2.05, 4.69) is 16.8 Å². The Hall–Kier alpha value is -2.07. The van der Waals surface area contributed by atoms with Crippen LogP contribution < -0.4 is 10.7 Å². The summed E-state index contributed by atoms with van der Waals surface area (Å²) in [6, 6.07) is 11.6. The molecule has 0 spiro atoms. The normalized spacial score (nSPS) is 18.1. The van der Waals surface area contributed by atoms with Gasteiger partial charge in [0.05, 0.1) is 0 Å². The van der Waals surface area contributed by atoms with Gasteiger partial charge in [0.25, 0.3) is 5.91 Å². The van der Waals surface area contributed by atoms with Crippen molar-refractivity contribution in [2.24, 2.45) is 0 Å². The molecule has 0 fully saturated rings. The first-order valence-electron chi connectivity index (χ1n) is 6.09. The second-order valence-electron chi connectivity index (χ2n) is 4.40. The fraction of sp³-hybridized carbons (Fsp3) is 0.214. The van der Waals surface area contributed by atoms with Crippen molar-refractivity contribution in [3.63, 3.8) is 0 Å². The third-order valence-electron chi connectivity index (χ3n) is 3.21. The van der Waals surface area contributed by atoms with Crippen molar-refractivity contribution in [2.45, 2.75) is 12.5 Å². The Balaban J connectivity index is 1.83. The van der Waals surface area contributed by atoms with E-state index in [0.29, 0.717) is 0 Å². The van der Waals surface area contributed by atoms with Gasteiger partial charge < -0.3 is 5.32 Å². The predicted octanol–water partition coefficient (Wildman–Crippen LogP) is 1.45. The lowest BCUT2D eigenvalue weighted by atomic mass is 9.94. The Bertz CT molecular complexity index is 548. The van der Waals surface area contributed by atoms with Gasteiger partial charge >= 0.3 is 0 Å². The molecule has 0 bridgehead atoms. The molecular formula is C14H15N3O. The Labute approximate surface area is 106 Å². The maximum absolute atomic E-state index is 12.2. The van der Waals surface area contributed by atoms with Crippen LogP contribution in [0.1, 0.15) is 17.2 Å². The van der Waals surface area contributed by atoms with Crippen LogP contribution in [-0.2, 0) is 11.2 Å². The number of nitrogens with one attached hydrogen (secondary N) is 2. The molecule has 4 heteroatoms. The maximum Gasteiger partial charge on any atom is 0.260 e. The van der Waals surface area contributed by atoms with Gasteiger partial charge in [-0.2, -0.15) is 0 Å². The molecular weight excluding hydrogens is 226 g/mol. The SMILES string of the molecule is O=C(Nn1cccc1)C1NCCc2ccccc21. The van der Waals surface area contributed by atoms with Crippen LogP contribution in [0.25, 0.3) is 0 Å². The zero-order valence-electron chi connectivity index (χ0n) is 9.97. The average molecular weight is 241 g/mol. The van der Waals surface area contributed by atoms with Crippen molar-refractivity contribution in [1.82, 2.24) is 9.99 Å². The Morgan fingerprint density at radius 1 is 1.22 bits per heavy atom. The van der Waals surface area contributed by atoms with E-state index in [1.807, 2.05) is 42.7 Å². The van der Waals surface area contributed by atoms with Crippen LogP contribution in [0.15, 0.2) is 48.8 Å². The first-order chi connectivity index (χ1) is 8.84. The molecule has 1 amide bonds. The highest BCUT2D eigenvalue weighted by atomic mass is 16.2. The third kappa shape index (κ3) is 2.02. The number of nitrogens with zero attached hydrogens (tertiary/aromatic N) is 1. The third-order valence-corrected chi connectivity index (χ3v) is 3.21. The highest BCUT2D eigenvalue weighted by Crippen LogP contribution is 2.22. The summed E-state index contributed by atoms with van der Waals surface area (Å²) >= 11 is 0. The standard InChI is InChI=1S/C14H15N3O/c18-14(16-17-9-3-4-10-17)13-12-6-2-1-5-11(12)7-8-15-13/h1-6,9-10,13,15H,7-8H2,(H,16,18). The molecule has 2 heterocycles. The first-order valence-corrected chi connectivity index (χ1v) is 6.09. The summed E-state index contributed by atoms with van der Waals surface area (Å²) in [5, 5.41) is 3.26. The van der Waals surface area contributed by atoms with Crippen LogP contribution in [0.2, 0.25) is 0 Å². The van der Waals surface area contributed by atoms with Gasteiger partial charge in [-0.05, 0) is 29.7 Å². The van der Waals surface area contributed by atoms with E-state index in [4.69, 9.17) is 0 Å². The van der Waals surface area contributed by atoms with Gasteiger partial charge in [-0.1, -0.05) is 24.3 Å². The predicted molar refractivity (Wildman–Crippen MR) is 69.7 cm³/mol. The Morgan fingerprint density at radius 3 is 2.83 bits per heavy atom. The molecule has 1 aliphatic heterocycles. The smallest absolute Gasteiger partial charge is 0.260 e. The number of hydrogen-bond donors (Lipinski definition) is 2. The number of carbonyl (C=O) groups excluding carboxylic acids is 1. The number of aromatic nitrogens is 1. The van der Waals surface area contributed by atoms with E-state index in [1.54, 1.807) is 4.68 Å². The highest BCUT2D eigenvalue weighted by molar-refractivity contribution is 5.90. The van der Waals surface area contributed by atoms with E-state index in [-0.39, 0.29) is 11.9 Å². The molecule has 2 aromatic rings. The maximum atomic E-state index is 12.2. The largest absolute Gasteiger partial charge is 0.302 e.